The van der Waals surface area contributed by atoms with Gasteiger partial charge >= 0.3 is 12.1 Å². The first-order valence-corrected chi connectivity index (χ1v) is 6.55. The fraction of sp³-hybridized carbons (Fsp3) is 0.417. The number of halogens is 5. The van der Waals surface area contributed by atoms with Crippen LogP contribution < -0.4 is 10.6 Å². The molecule has 0 aliphatic carbocycles. The normalized spacial score (nSPS) is 11.4. The first kappa shape index (κ1) is 17.1. The summed E-state index contributed by atoms with van der Waals surface area (Å²) in [6.45, 7) is 0.914. The SMILES string of the molecule is O=C(NCCCNCc1cc(Cl)cc(Cl)c1)C(F)(F)F. The first-order chi connectivity index (χ1) is 9.29. The first-order valence-electron chi connectivity index (χ1n) is 5.80. The van der Waals surface area contributed by atoms with Crippen molar-refractivity contribution in [2.75, 3.05) is 13.1 Å². The molecule has 1 aromatic carbocycles. The second kappa shape index (κ2) is 7.71. The Morgan fingerprint density at radius 1 is 1.10 bits per heavy atom. The molecule has 0 aliphatic rings. The van der Waals surface area contributed by atoms with Crippen molar-refractivity contribution in [3.05, 3.63) is 33.8 Å². The quantitative estimate of drug-likeness (QED) is 0.787. The van der Waals surface area contributed by atoms with E-state index in [-0.39, 0.29) is 6.54 Å². The molecule has 0 atom stereocenters. The summed E-state index contributed by atoms with van der Waals surface area (Å²) in [6, 6.07) is 5.09. The minimum absolute atomic E-state index is 0.0400. The molecule has 112 valence electrons. The van der Waals surface area contributed by atoms with Gasteiger partial charge in [0.25, 0.3) is 0 Å². The number of nitrogens with one attached hydrogen (secondary N) is 2. The number of hydrogen-bond acceptors (Lipinski definition) is 2. The largest absolute Gasteiger partial charge is 0.471 e. The Labute approximate surface area is 124 Å². The van der Waals surface area contributed by atoms with Gasteiger partial charge in [-0.3, -0.25) is 4.79 Å². The van der Waals surface area contributed by atoms with E-state index in [4.69, 9.17) is 23.2 Å². The fourth-order valence-corrected chi connectivity index (χ4v) is 2.03. The number of alkyl halides is 3. The molecular formula is C12H13Cl2F3N2O. The topological polar surface area (TPSA) is 41.1 Å². The van der Waals surface area contributed by atoms with Crippen LogP contribution in [0.2, 0.25) is 10.0 Å². The zero-order valence-electron chi connectivity index (χ0n) is 10.4. The van der Waals surface area contributed by atoms with Gasteiger partial charge in [-0.1, -0.05) is 23.2 Å². The number of hydrogen-bond donors (Lipinski definition) is 2. The third-order valence-electron chi connectivity index (χ3n) is 2.32. The van der Waals surface area contributed by atoms with Gasteiger partial charge < -0.3 is 10.6 Å². The van der Waals surface area contributed by atoms with E-state index in [0.717, 1.165) is 5.56 Å². The lowest BCUT2D eigenvalue weighted by Gasteiger charge is -2.08. The van der Waals surface area contributed by atoms with E-state index in [9.17, 15) is 18.0 Å². The van der Waals surface area contributed by atoms with Crippen molar-refractivity contribution in [2.45, 2.75) is 19.1 Å². The maximum Gasteiger partial charge on any atom is 0.471 e. The standard InChI is InChI=1S/C12H13Cl2F3N2O/c13-9-4-8(5-10(14)6-9)7-18-2-1-3-19-11(20)12(15,16)17/h4-6,18H,1-3,7H2,(H,19,20). The van der Waals surface area contributed by atoms with E-state index in [1.165, 1.54) is 0 Å². The summed E-state index contributed by atoms with van der Waals surface area (Å²) in [5.74, 6) is -1.92. The molecule has 1 amide bonds. The lowest BCUT2D eigenvalue weighted by Crippen LogP contribution is -2.37. The van der Waals surface area contributed by atoms with Crippen LogP contribution in [0.1, 0.15) is 12.0 Å². The summed E-state index contributed by atoms with van der Waals surface area (Å²) in [6.07, 6.45) is -4.44. The number of benzene rings is 1. The molecule has 0 aromatic heterocycles. The number of rotatable bonds is 6. The summed E-state index contributed by atoms with van der Waals surface area (Å²) in [7, 11) is 0. The average molecular weight is 329 g/mol. The van der Waals surface area contributed by atoms with Crippen LogP contribution in [0.3, 0.4) is 0 Å². The molecule has 0 radical (unpaired) electrons. The molecule has 2 N–H and O–H groups in total. The van der Waals surface area contributed by atoms with Crippen LogP contribution in [0.5, 0.6) is 0 Å². The smallest absolute Gasteiger partial charge is 0.348 e. The van der Waals surface area contributed by atoms with Crippen molar-refractivity contribution in [3.63, 3.8) is 0 Å². The lowest BCUT2D eigenvalue weighted by atomic mass is 10.2. The minimum atomic E-state index is -4.83. The molecule has 3 nitrogen and oxygen atoms in total. The second-order valence-electron chi connectivity index (χ2n) is 4.06. The van der Waals surface area contributed by atoms with Gasteiger partial charge in [0.1, 0.15) is 0 Å². The molecule has 8 heteroatoms. The molecule has 1 rings (SSSR count). The van der Waals surface area contributed by atoms with E-state index < -0.39 is 12.1 Å². The molecule has 0 saturated heterocycles. The lowest BCUT2D eigenvalue weighted by molar-refractivity contribution is -0.173. The van der Waals surface area contributed by atoms with E-state index in [1.54, 1.807) is 23.5 Å². The summed E-state index contributed by atoms with van der Waals surface area (Å²) in [5.41, 5.74) is 0.877. The highest BCUT2D eigenvalue weighted by atomic mass is 35.5. The van der Waals surface area contributed by atoms with Gasteiger partial charge in [-0.05, 0) is 36.7 Å². The third-order valence-corrected chi connectivity index (χ3v) is 2.76. The van der Waals surface area contributed by atoms with Crippen LogP contribution in [-0.2, 0) is 11.3 Å². The molecular weight excluding hydrogens is 316 g/mol. The monoisotopic (exact) mass is 328 g/mol. The van der Waals surface area contributed by atoms with Crippen molar-refractivity contribution in [2.24, 2.45) is 0 Å². The van der Waals surface area contributed by atoms with Gasteiger partial charge in [-0.2, -0.15) is 13.2 Å². The third kappa shape index (κ3) is 6.45. The maximum absolute atomic E-state index is 11.9. The van der Waals surface area contributed by atoms with Gasteiger partial charge in [0.05, 0.1) is 0 Å². The maximum atomic E-state index is 11.9. The molecule has 1 aromatic rings. The highest BCUT2D eigenvalue weighted by Crippen LogP contribution is 2.18. The Hall–Kier alpha value is -0.980. The van der Waals surface area contributed by atoms with Gasteiger partial charge in [-0.25, -0.2) is 0 Å². The Kier molecular flexibility index (Phi) is 6.58. The molecule has 0 spiro atoms. The fourth-order valence-electron chi connectivity index (χ4n) is 1.46. The zero-order chi connectivity index (χ0) is 15.2. The van der Waals surface area contributed by atoms with E-state index in [0.29, 0.717) is 29.6 Å². The van der Waals surface area contributed by atoms with Gasteiger partial charge in [0, 0.05) is 23.1 Å². The molecule has 0 fully saturated rings. The van der Waals surface area contributed by atoms with Crippen LogP contribution in [-0.4, -0.2) is 25.2 Å². The Balaban J connectivity index is 2.18. The summed E-state index contributed by atoms with van der Waals surface area (Å²) >= 11 is 11.6. The van der Waals surface area contributed by atoms with Crippen LogP contribution in [0.4, 0.5) is 13.2 Å². The molecule has 0 unspecified atom stereocenters. The van der Waals surface area contributed by atoms with Gasteiger partial charge in [0.15, 0.2) is 0 Å². The van der Waals surface area contributed by atoms with Crippen molar-refractivity contribution in [1.29, 1.82) is 0 Å². The predicted octanol–water partition coefficient (Wildman–Crippen LogP) is 3.15. The van der Waals surface area contributed by atoms with Crippen LogP contribution in [0.25, 0.3) is 0 Å². The van der Waals surface area contributed by atoms with Gasteiger partial charge in [0.2, 0.25) is 0 Å². The second-order valence-corrected chi connectivity index (χ2v) is 4.93. The van der Waals surface area contributed by atoms with E-state index in [1.807, 2.05) is 0 Å². The number of carbonyl (C=O) groups excluding carboxylic acids is 1. The molecule has 0 saturated carbocycles. The summed E-state index contributed by atoms with van der Waals surface area (Å²) in [4.78, 5) is 10.5. The van der Waals surface area contributed by atoms with Gasteiger partial charge in [-0.15, -0.1) is 0 Å². The predicted molar refractivity (Wildman–Crippen MR) is 71.9 cm³/mol. The molecule has 0 bridgehead atoms. The zero-order valence-corrected chi connectivity index (χ0v) is 11.9. The molecule has 0 aliphatic heterocycles. The van der Waals surface area contributed by atoms with E-state index in [2.05, 4.69) is 5.32 Å². The Morgan fingerprint density at radius 3 is 2.25 bits per heavy atom. The number of carbonyl (C=O) groups is 1. The minimum Gasteiger partial charge on any atom is -0.348 e. The van der Waals surface area contributed by atoms with Crippen molar-refractivity contribution in [3.8, 4) is 0 Å². The number of amides is 1. The van der Waals surface area contributed by atoms with Crippen LogP contribution in [0.15, 0.2) is 18.2 Å². The summed E-state index contributed by atoms with van der Waals surface area (Å²) < 4.78 is 35.6. The molecule has 20 heavy (non-hydrogen) atoms. The highest BCUT2D eigenvalue weighted by molar-refractivity contribution is 6.34. The Bertz CT molecular complexity index is 446. The van der Waals surface area contributed by atoms with E-state index >= 15 is 0 Å². The molecule has 0 heterocycles. The Morgan fingerprint density at radius 2 is 1.70 bits per heavy atom. The average Bonchev–Trinajstić information content (AvgIpc) is 2.30. The van der Waals surface area contributed by atoms with Crippen LogP contribution in [0, 0.1) is 0 Å². The van der Waals surface area contributed by atoms with Crippen molar-refractivity contribution >= 4 is 29.1 Å². The van der Waals surface area contributed by atoms with Crippen molar-refractivity contribution in [1.82, 2.24) is 10.6 Å². The summed E-state index contributed by atoms with van der Waals surface area (Å²) in [5, 5.41) is 5.85. The highest BCUT2D eigenvalue weighted by Gasteiger charge is 2.38. The van der Waals surface area contributed by atoms with Crippen molar-refractivity contribution < 1.29 is 18.0 Å². The van der Waals surface area contributed by atoms with Crippen LogP contribution >= 0.6 is 23.2 Å².